The van der Waals surface area contributed by atoms with Gasteiger partial charge in [-0.15, -0.1) is 0 Å². The highest BCUT2D eigenvalue weighted by atomic mass is 16.5. The Morgan fingerprint density at radius 2 is 1.92 bits per heavy atom. The van der Waals surface area contributed by atoms with Crippen LogP contribution in [0.4, 0.5) is 0 Å². The van der Waals surface area contributed by atoms with Gasteiger partial charge in [0.05, 0.1) is 12.3 Å². The van der Waals surface area contributed by atoms with Crippen LogP contribution in [0.2, 0.25) is 0 Å². The standard InChI is InChI=1S/C20H22N2O4/c1-22(2)17(18-9-6-12-24-18)13-21-20(23)19-11-10-16(26-19)14-25-15-7-4-3-5-8-15/h3-12,17H,13-14H2,1-2H3,(H,21,23)/t17-/m0/s1. The fourth-order valence-corrected chi connectivity index (χ4v) is 2.54. The van der Waals surface area contributed by atoms with E-state index in [-0.39, 0.29) is 24.3 Å². The van der Waals surface area contributed by atoms with Crippen molar-refractivity contribution in [2.45, 2.75) is 12.6 Å². The number of hydrogen-bond acceptors (Lipinski definition) is 5. The van der Waals surface area contributed by atoms with Crippen LogP contribution in [0, 0.1) is 0 Å². The molecule has 1 aromatic carbocycles. The third kappa shape index (κ3) is 4.55. The maximum absolute atomic E-state index is 12.3. The Labute approximate surface area is 152 Å². The van der Waals surface area contributed by atoms with Crippen molar-refractivity contribution in [3.8, 4) is 5.75 Å². The molecule has 0 saturated heterocycles. The van der Waals surface area contributed by atoms with Crippen LogP contribution in [0.1, 0.15) is 28.1 Å². The summed E-state index contributed by atoms with van der Waals surface area (Å²) in [5, 5.41) is 2.88. The highest BCUT2D eigenvalue weighted by Gasteiger charge is 2.19. The number of rotatable bonds is 8. The molecule has 1 N–H and O–H groups in total. The molecule has 1 atom stereocenters. The van der Waals surface area contributed by atoms with Gasteiger partial charge in [0, 0.05) is 6.54 Å². The van der Waals surface area contributed by atoms with E-state index < -0.39 is 0 Å². The van der Waals surface area contributed by atoms with Crippen molar-refractivity contribution in [3.05, 3.63) is 78.1 Å². The molecule has 0 fully saturated rings. The minimum Gasteiger partial charge on any atom is -0.486 e. The van der Waals surface area contributed by atoms with Gasteiger partial charge in [0.15, 0.2) is 5.76 Å². The molecular formula is C20H22N2O4. The van der Waals surface area contributed by atoms with Crippen molar-refractivity contribution in [1.29, 1.82) is 0 Å². The predicted octanol–water partition coefficient (Wildman–Crippen LogP) is 3.48. The van der Waals surface area contributed by atoms with Crippen LogP contribution in [0.3, 0.4) is 0 Å². The van der Waals surface area contributed by atoms with E-state index in [1.807, 2.05) is 61.5 Å². The highest BCUT2D eigenvalue weighted by Crippen LogP contribution is 2.18. The maximum atomic E-state index is 12.3. The molecule has 136 valence electrons. The summed E-state index contributed by atoms with van der Waals surface area (Å²) in [6.07, 6.45) is 1.62. The minimum atomic E-state index is -0.269. The average Bonchev–Trinajstić information content (AvgIpc) is 3.33. The third-order valence-corrected chi connectivity index (χ3v) is 3.96. The van der Waals surface area contributed by atoms with Crippen LogP contribution in [-0.4, -0.2) is 31.4 Å². The summed E-state index contributed by atoms with van der Waals surface area (Å²) in [7, 11) is 3.87. The van der Waals surface area contributed by atoms with Gasteiger partial charge in [-0.2, -0.15) is 0 Å². The normalized spacial score (nSPS) is 12.1. The van der Waals surface area contributed by atoms with Gasteiger partial charge in [-0.05, 0) is 50.5 Å². The second kappa shape index (κ2) is 8.40. The lowest BCUT2D eigenvalue weighted by Gasteiger charge is -2.22. The summed E-state index contributed by atoms with van der Waals surface area (Å²) in [5.74, 6) is 2.13. The quantitative estimate of drug-likeness (QED) is 0.671. The highest BCUT2D eigenvalue weighted by molar-refractivity contribution is 5.91. The number of hydrogen-bond donors (Lipinski definition) is 1. The van der Waals surface area contributed by atoms with E-state index in [0.717, 1.165) is 11.5 Å². The van der Waals surface area contributed by atoms with E-state index in [2.05, 4.69) is 5.32 Å². The van der Waals surface area contributed by atoms with Gasteiger partial charge in [0.2, 0.25) is 0 Å². The fourth-order valence-electron chi connectivity index (χ4n) is 2.54. The Morgan fingerprint density at radius 3 is 2.62 bits per heavy atom. The Morgan fingerprint density at radius 1 is 1.12 bits per heavy atom. The Hall–Kier alpha value is -2.99. The number of carbonyl (C=O) groups is 1. The molecule has 2 aromatic heterocycles. The monoisotopic (exact) mass is 354 g/mol. The van der Waals surface area contributed by atoms with Crippen LogP contribution in [0.25, 0.3) is 0 Å². The lowest BCUT2D eigenvalue weighted by atomic mass is 10.2. The van der Waals surface area contributed by atoms with E-state index in [1.165, 1.54) is 0 Å². The smallest absolute Gasteiger partial charge is 0.287 e. The maximum Gasteiger partial charge on any atom is 0.287 e. The number of benzene rings is 1. The Kier molecular flexibility index (Phi) is 5.76. The molecular weight excluding hydrogens is 332 g/mol. The first-order chi connectivity index (χ1) is 12.6. The van der Waals surface area contributed by atoms with Gasteiger partial charge in [-0.3, -0.25) is 9.69 Å². The molecule has 3 aromatic rings. The first kappa shape index (κ1) is 17.8. The van der Waals surface area contributed by atoms with Crippen molar-refractivity contribution >= 4 is 5.91 Å². The van der Waals surface area contributed by atoms with Crippen molar-refractivity contribution in [3.63, 3.8) is 0 Å². The average molecular weight is 354 g/mol. The fraction of sp³-hybridized carbons (Fsp3) is 0.250. The summed E-state index contributed by atoms with van der Waals surface area (Å²) < 4.78 is 16.6. The Balaban J connectivity index is 1.54. The van der Waals surface area contributed by atoms with Gasteiger partial charge in [-0.1, -0.05) is 18.2 Å². The second-order valence-corrected chi connectivity index (χ2v) is 6.07. The van der Waals surface area contributed by atoms with Crippen LogP contribution in [0.15, 0.2) is 69.7 Å². The molecule has 6 heteroatoms. The zero-order valence-electron chi connectivity index (χ0n) is 14.8. The number of para-hydroxylation sites is 1. The molecule has 6 nitrogen and oxygen atoms in total. The zero-order valence-corrected chi connectivity index (χ0v) is 14.8. The van der Waals surface area contributed by atoms with Crippen LogP contribution in [0.5, 0.6) is 5.75 Å². The SMILES string of the molecule is CN(C)[C@@H](CNC(=O)c1ccc(COc2ccccc2)o1)c1ccco1. The van der Waals surface area contributed by atoms with Gasteiger partial charge < -0.3 is 18.9 Å². The third-order valence-electron chi connectivity index (χ3n) is 3.96. The molecule has 0 aliphatic carbocycles. The summed E-state index contributed by atoms with van der Waals surface area (Å²) in [4.78, 5) is 14.3. The lowest BCUT2D eigenvalue weighted by Crippen LogP contribution is -2.34. The Bertz CT molecular complexity index is 809. The van der Waals surface area contributed by atoms with Crippen LogP contribution >= 0.6 is 0 Å². The predicted molar refractivity (Wildman–Crippen MR) is 97.0 cm³/mol. The summed E-state index contributed by atoms with van der Waals surface area (Å²) in [5.41, 5.74) is 0. The lowest BCUT2D eigenvalue weighted by molar-refractivity contribution is 0.0907. The number of amides is 1. The molecule has 3 rings (SSSR count). The summed E-state index contributed by atoms with van der Waals surface area (Å²) in [6.45, 7) is 0.680. The number of nitrogens with one attached hydrogen (secondary N) is 1. The number of nitrogens with zero attached hydrogens (tertiary/aromatic N) is 1. The van der Waals surface area contributed by atoms with E-state index in [9.17, 15) is 4.79 Å². The van der Waals surface area contributed by atoms with Gasteiger partial charge in [-0.25, -0.2) is 0 Å². The van der Waals surface area contributed by atoms with Gasteiger partial charge in [0.1, 0.15) is 23.9 Å². The molecule has 2 heterocycles. The van der Waals surface area contributed by atoms with Crippen molar-refractivity contribution in [1.82, 2.24) is 10.2 Å². The second-order valence-electron chi connectivity index (χ2n) is 6.07. The number of ether oxygens (including phenoxy) is 1. The van der Waals surface area contributed by atoms with Gasteiger partial charge in [0.25, 0.3) is 5.91 Å². The number of likely N-dealkylation sites (N-methyl/N-ethyl adjacent to an activating group) is 1. The minimum absolute atomic E-state index is 0.0511. The number of carbonyl (C=O) groups excluding carboxylic acids is 1. The number of furan rings is 2. The molecule has 0 unspecified atom stereocenters. The molecule has 0 bridgehead atoms. The molecule has 0 saturated carbocycles. The van der Waals surface area contributed by atoms with Crippen LogP contribution in [-0.2, 0) is 6.61 Å². The summed E-state index contributed by atoms with van der Waals surface area (Å²) in [6, 6.07) is 16.5. The molecule has 0 radical (unpaired) electrons. The largest absolute Gasteiger partial charge is 0.486 e. The topological polar surface area (TPSA) is 67.9 Å². The van der Waals surface area contributed by atoms with Crippen molar-refractivity contribution in [2.75, 3.05) is 20.6 Å². The van der Waals surface area contributed by atoms with Crippen molar-refractivity contribution < 1.29 is 18.4 Å². The van der Waals surface area contributed by atoms with E-state index in [1.54, 1.807) is 18.4 Å². The molecule has 0 aliphatic heterocycles. The summed E-state index contributed by atoms with van der Waals surface area (Å²) >= 11 is 0. The van der Waals surface area contributed by atoms with Crippen LogP contribution < -0.4 is 10.1 Å². The first-order valence-electron chi connectivity index (χ1n) is 8.38. The molecule has 0 spiro atoms. The molecule has 26 heavy (non-hydrogen) atoms. The molecule has 1 amide bonds. The van der Waals surface area contributed by atoms with E-state index in [0.29, 0.717) is 12.3 Å². The first-order valence-corrected chi connectivity index (χ1v) is 8.38. The van der Waals surface area contributed by atoms with Crippen molar-refractivity contribution in [2.24, 2.45) is 0 Å². The van der Waals surface area contributed by atoms with Gasteiger partial charge >= 0.3 is 0 Å². The van der Waals surface area contributed by atoms with E-state index >= 15 is 0 Å². The van der Waals surface area contributed by atoms with E-state index in [4.69, 9.17) is 13.6 Å². The zero-order chi connectivity index (χ0) is 18.4. The molecule has 0 aliphatic rings.